The van der Waals surface area contributed by atoms with Gasteiger partial charge in [0.15, 0.2) is 6.04 Å². The molecule has 2 aromatic carbocycles. The van der Waals surface area contributed by atoms with E-state index in [0.29, 0.717) is 6.42 Å². The molecule has 1 unspecified atom stereocenters. The van der Waals surface area contributed by atoms with E-state index in [2.05, 4.69) is 12.1 Å². The first-order valence-corrected chi connectivity index (χ1v) is 10.3. The molecule has 7 heteroatoms. The second kappa shape index (κ2) is 9.22. The molecule has 1 aliphatic carbocycles. The first kappa shape index (κ1) is 20.9. The van der Waals surface area contributed by atoms with E-state index >= 15 is 0 Å². The molecule has 2 aromatic rings. The molecule has 0 saturated carbocycles. The van der Waals surface area contributed by atoms with E-state index in [0.717, 1.165) is 33.6 Å². The van der Waals surface area contributed by atoms with Crippen LogP contribution in [0, 0.1) is 0 Å². The van der Waals surface area contributed by atoms with Crippen molar-refractivity contribution in [3.63, 3.8) is 0 Å². The number of likely N-dealkylation sites (N-methyl/N-ethyl adjacent to an activating group) is 1. The summed E-state index contributed by atoms with van der Waals surface area (Å²) < 4.78 is 16.0. The normalized spacial score (nSPS) is 17.8. The Hall–Kier alpha value is -3.32. The molecule has 0 aromatic heterocycles. The number of rotatable bonds is 6. The Labute approximate surface area is 180 Å². The molecule has 31 heavy (non-hydrogen) atoms. The SMILES string of the molecule is CN(C(=O)OCC1c2ccccc2-c2ccccc21)[C@H](CO)C(=O)OC1CCC=CO1. The average Bonchev–Trinajstić information content (AvgIpc) is 3.12. The van der Waals surface area contributed by atoms with Gasteiger partial charge in [-0.25, -0.2) is 9.59 Å². The number of fused-ring (bicyclic) bond motifs is 3. The lowest BCUT2D eigenvalue weighted by Crippen LogP contribution is -2.47. The van der Waals surface area contributed by atoms with Crippen molar-refractivity contribution >= 4 is 12.1 Å². The van der Waals surface area contributed by atoms with Crippen LogP contribution < -0.4 is 0 Å². The third-order valence-corrected chi connectivity index (χ3v) is 5.68. The van der Waals surface area contributed by atoms with Crippen molar-refractivity contribution in [2.24, 2.45) is 0 Å². The molecule has 1 heterocycles. The fourth-order valence-corrected chi connectivity index (χ4v) is 3.98. The minimum Gasteiger partial charge on any atom is -0.463 e. The number of ether oxygens (including phenoxy) is 3. The van der Waals surface area contributed by atoms with Crippen LogP contribution in [-0.4, -0.2) is 54.7 Å². The summed E-state index contributed by atoms with van der Waals surface area (Å²) in [6.07, 6.45) is 3.13. The molecule has 7 nitrogen and oxygen atoms in total. The van der Waals surface area contributed by atoms with Gasteiger partial charge in [-0.05, 0) is 34.8 Å². The highest BCUT2D eigenvalue weighted by Gasteiger charge is 2.33. The number of allylic oxidation sites excluding steroid dienone is 1. The van der Waals surface area contributed by atoms with Crippen LogP contribution in [0.15, 0.2) is 60.9 Å². The van der Waals surface area contributed by atoms with Gasteiger partial charge in [-0.1, -0.05) is 48.5 Å². The fraction of sp³-hybridized carbons (Fsp3) is 0.333. The Balaban J connectivity index is 1.41. The average molecular weight is 423 g/mol. The van der Waals surface area contributed by atoms with Crippen LogP contribution in [0.5, 0.6) is 0 Å². The molecule has 2 aliphatic rings. The molecule has 1 N–H and O–H groups in total. The van der Waals surface area contributed by atoms with Gasteiger partial charge in [0, 0.05) is 19.4 Å². The van der Waals surface area contributed by atoms with E-state index in [1.54, 1.807) is 0 Å². The zero-order valence-corrected chi connectivity index (χ0v) is 17.3. The Morgan fingerprint density at radius 3 is 2.35 bits per heavy atom. The fourth-order valence-electron chi connectivity index (χ4n) is 3.98. The van der Waals surface area contributed by atoms with Gasteiger partial charge in [-0.15, -0.1) is 0 Å². The number of esters is 1. The van der Waals surface area contributed by atoms with Crippen molar-refractivity contribution in [1.82, 2.24) is 4.90 Å². The summed E-state index contributed by atoms with van der Waals surface area (Å²) in [5.41, 5.74) is 4.45. The van der Waals surface area contributed by atoms with Crippen LogP contribution in [0.1, 0.15) is 29.9 Å². The number of hydrogen-bond donors (Lipinski definition) is 1. The number of benzene rings is 2. The van der Waals surface area contributed by atoms with Crippen molar-refractivity contribution in [2.75, 3.05) is 20.3 Å². The molecule has 2 atom stereocenters. The van der Waals surface area contributed by atoms with E-state index in [1.807, 2.05) is 42.5 Å². The minimum atomic E-state index is -1.18. The van der Waals surface area contributed by atoms with E-state index in [9.17, 15) is 14.7 Å². The third kappa shape index (κ3) is 4.27. The van der Waals surface area contributed by atoms with Gasteiger partial charge in [-0.2, -0.15) is 0 Å². The van der Waals surface area contributed by atoms with E-state index in [1.165, 1.54) is 13.3 Å². The Morgan fingerprint density at radius 2 is 1.77 bits per heavy atom. The molecule has 1 amide bonds. The van der Waals surface area contributed by atoms with Gasteiger partial charge in [0.2, 0.25) is 6.29 Å². The summed E-state index contributed by atoms with van der Waals surface area (Å²) in [6.45, 7) is -0.455. The van der Waals surface area contributed by atoms with Gasteiger partial charge in [0.1, 0.15) is 6.61 Å². The zero-order chi connectivity index (χ0) is 21.8. The quantitative estimate of drug-likeness (QED) is 0.717. The largest absolute Gasteiger partial charge is 0.463 e. The van der Waals surface area contributed by atoms with Crippen molar-refractivity contribution in [3.05, 3.63) is 72.0 Å². The summed E-state index contributed by atoms with van der Waals surface area (Å²) in [7, 11) is 1.41. The monoisotopic (exact) mass is 423 g/mol. The Kier molecular flexibility index (Phi) is 6.23. The summed E-state index contributed by atoms with van der Waals surface area (Å²) in [6, 6.07) is 14.9. The van der Waals surface area contributed by atoms with Crippen LogP contribution in [0.3, 0.4) is 0 Å². The molecule has 0 bridgehead atoms. The van der Waals surface area contributed by atoms with E-state index < -0.39 is 31.0 Å². The predicted octanol–water partition coefficient (Wildman–Crippen LogP) is 3.42. The number of aliphatic hydroxyl groups is 1. The molecule has 1 aliphatic heterocycles. The molecular formula is C24H25NO6. The second-order valence-electron chi connectivity index (χ2n) is 7.56. The van der Waals surface area contributed by atoms with Gasteiger partial charge in [0.05, 0.1) is 12.9 Å². The summed E-state index contributed by atoms with van der Waals surface area (Å²) >= 11 is 0. The molecule has 162 valence electrons. The maximum Gasteiger partial charge on any atom is 0.410 e. The lowest BCUT2D eigenvalue weighted by molar-refractivity contribution is -0.177. The second-order valence-corrected chi connectivity index (χ2v) is 7.56. The number of carbonyl (C=O) groups is 2. The highest BCUT2D eigenvalue weighted by Crippen LogP contribution is 2.44. The van der Waals surface area contributed by atoms with Crippen molar-refractivity contribution in [3.8, 4) is 11.1 Å². The third-order valence-electron chi connectivity index (χ3n) is 5.68. The molecule has 0 radical (unpaired) electrons. The van der Waals surface area contributed by atoms with E-state index in [4.69, 9.17) is 14.2 Å². The standard InChI is InChI=1S/C24H25NO6/c1-25(21(14-26)23(27)31-22-12-6-7-13-29-22)24(28)30-15-20-18-10-4-2-8-16(18)17-9-3-5-11-19(17)20/h2-5,7-11,13,20-22,26H,6,12,14-15H2,1H3/t21-,22?/m1/s1. The van der Waals surface area contributed by atoms with Crippen molar-refractivity contribution < 1.29 is 28.9 Å². The smallest absolute Gasteiger partial charge is 0.410 e. The van der Waals surface area contributed by atoms with Crippen LogP contribution in [0.2, 0.25) is 0 Å². The Bertz CT molecular complexity index is 942. The van der Waals surface area contributed by atoms with Gasteiger partial charge < -0.3 is 19.3 Å². The van der Waals surface area contributed by atoms with Crippen LogP contribution in [-0.2, 0) is 19.0 Å². The van der Waals surface area contributed by atoms with E-state index in [-0.39, 0.29) is 12.5 Å². The minimum absolute atomic E-state index is 0.0910. The van der Waals surface area contributed by atoms with Crippen LogP contribution in [0.25, 0.3) is 11.1 Å². The van der Waals surface area contributed by atoms with Crippen LogP contribution >= 0.6 is 0 Å². The maximum atomic E-state index is 12.7. The highest BCUT2D eigenvalue weighted by atomic mass is 16.7. The first-order chi connectivity index (χ1) is 15.1. The first-order valence-electron chi connectivity index (χ1n) is 10.3. The molecular weight excluding hydrogens is 398 g/mol. The molecule has 0 fully saturated rings. The summed E-state index contributed by atoms with van der Waals surface area (Å²) in [5.74, 6) is -0.828. The molecule has 0 saturated heterocycles. The lowest BCUT2D eigenvalue weighted by Gasteiger charge is -2.27. The summed E-state index contributed by atoms with van der Waals surface area (Å²) in [5, 5.41) is 9.68. The molecule has 4 rings (SSSR count). The number of aliphatic hydroxyl groups excluding tert-OH is 1. The summed E-state index contributed by atoms with van der Waals surface area (Å²) in [4.78, 5) is 26.2. The topological polar surface area (TPSA) is 85.3 Å². The van der Waals surface area contributed by atoms with Crippen molar-refractivity contribution in [2.45, 2.75) is 31.1 Å². The number of nitrogens with zero attached hydrogens (tertiary/aromatic N) is 1. The van der Waals surface area contributed by atoms with Crippen molar-refractivity contribution in [1.29, 1.82) is 0 Å². The van der Waals surface area contributed by atoms with Crippen LogP contribution in [0.4, 0.5) is 4.79 Å². The zero-order valence-electron chi connectivity index (χ0n) is 17.3. The van der Waals surface area contributed by atoms with Gasteiger partial charge in [0.25, 0.3) is 0 Å². The lowest BCUT2D eigenvalue weighted by atomic mass is 9.98. The maximum absolute atomic E-state index is 12.7. The number of carbonyl (C=O) groups excluding carboxylic acids is 2. The number of hydrogen-bond acceptors (Lipinski definition) is 6. The predicted molar refractivity (Wildman–Crippen MR) is 113 cm³/mol. The molecule has 0 spiro atoms. The highest BCUT2D eigenvalue weighted by molar-refractivity contribution is 5.82. The number of amides is 1. The van der Waals surface area contributed by atoms with Gasteiger partial charge in [-0.3, -0.25) is 4.90 Å². The Morgan fingerprint density at radius 1 is 1.13 bits per heavy atom. The van der Waals surface area contributed by atoms with Gasteiger partial charge >= 0.3 is 12.1 Å².